The van der Waals surface area contributed by atoms with Crippen LogP contribution in [0.3, 0.4) is 0 Å². The Kier molecular flexibility index (Phi) is 5.55. The van der Waals surface area contributed by atoms with E-state index in [4.69, 9.17) is 5.11 Å². The Bertz CT molecular complexity index is 242. The molecule has 0 aromatic heterocycles. The van der Waals surface area contributed by atoms with Crippen molar-refractivity contribution < 1.29 is 9.90 Å². The number of hydrogen-bond acceptors (Lipinski definition) is 1. The lowest BCUT2D eigenvalue weighted by atomic mass is 10.0. The maximum absolute atomic E-state index is 10.8. The average Bonchev–Trinajstić information content (AvgIpc) is 2.01. The van der Waals surface area contributed by atoms with E-state index in [9.17, 15) is 4.79 Å². The van der Waals surface area contributed by atoms with Crippen LogP contribution in [0.5, 0.6) is 0 Å². The second-order valence-electron chi connectivity index (χ2n) is 4.55. The molecule has 80 valence electrons. The number of carboxylic acid groups (broad SMARTS) is 1. The molecule has 0 aliphatic heterocycles. The van der Waals surface area contributed by atoms with Crippen molar-refractivity contribution in [2.45, 2.75) is 45.8 Å². The minimum atomic E-state index is -1.43. The van der Waals surface area contributed by atoms with E-state index in [2.05, 4.69) is 38.0 Å². The van der Waals surface area contributed by atoms with E-state index < -0.39 is 20.0 Å². The largest absolute Gasteiger partial charge is 0.480 e. The molecule has 0 aromatic carbocycles. The highest BCUT2D eigenvalue weighted by molar-refractivity contribution is 6.83. The number of unbranched alkanes of at least 4 members (excludes halogenated alkanes) is 1. The van der Waals surface area contributed by atoms with E-state index in [1.807, 2.05) is 0 Å². The molecule has 0 unspecified atom stereocenters. The summed E-state index contributed by atoms with van der Waals surface area (Å²) in [6.45, 7) is 8.43. The third kappa shape index (κ3) is 6.73. The fourth-order valence-corrected chi connectivity index (χ4v) is 1.58. The molecule has 0 bridgehead atoms. The Balaban J connectivity index is 4.35. The fourth-order valence-electron chi connectivity index (χ4n) is 0.969. The number of aliphatic carboxylic acids is 1. The Hall–Kier alpha value is -0.753. The van der Waals surface area contributed by atoms with Crippen LogP contribution < -0.4 is 0 Å². The van der Waals surface area contributed by atoms with Crippen molar-refractivity contribution in [1.82, 2.24) is 0 Å². The molecule has 0 aliphatic carbocycles. The molecule has 0 heterocycles. The van der Waals surface area contributed by atoms with Gasteiger partial charge in [-0.05, 0) is 6.42 Å². The van der Waals surface area contributed by atoms with E-state index in [0.29, 0.717) is 6.42 Å². The molecular weight excluding hydrogens is 192 g/mol. The van der Waals surface area contributed by atoms with E-state index >= 15 is 0 Å². The third-order valence-electron chi connectivity index (χ3n) is 1.77. The molecule has 3 heteroatoms. The van der Waals surface area contributed by atoms with Crippen molar-refractivity contribution in [2.24, 2.45) is 5.92 Å². The topological polar surface area (TPSA) is 37.3 Å². The van der Waals surface area contributed by atoms with Gasteiger partial charge in [0.1, 0.15) is 14.0 Å². The highest BCUT2D eigenvalue weighted by Crippen LogP contribution is 2.08. The van der Waals surface area contributed by atoms with Crippen molar-refractivity contribution in [3.05, 3.63) is 0 Å². The quantitative estimate of drug-likeness (QED) is 0.575. The molecule has 0 spiro atoms. The number of carbonyl (C=O) groups is 1. The lowest BCUT2D eigenvalue weighted by Gasteiger charge is -2.07. The van der Waals surface area contributed by atoms with Gasteiger partial charge in [0.15, 0.2) is 0 Å². The van der Waals surface area contributed by atoms with Crippen LogP contribution in [0.1, 0.15) is 26.2 Å². The summed E-state index contributed by atoms with van der Waals surface area (Å²) in [7, 11) is -1.43. The first-order valence-electron chi connectivity index (χ1n) is 5.12. The predicted octanol–water partition coefficient (Wildman–Crippen LogP) is 2.76. The van der Waals surface area contributed by atoms with Gasteiger partial charge in [-0.25, -0.2) is 0 Å². The molecule has 0 aromatic rings. The first kappa shape index (κ1) is 13.2. The average molecular weight is 212 g/mol. The fraction of sp³-hybridized carbons (Fsp3) is 0.727. The second kappa shape index (κ2) is 5.87. The standard InChI is InChI=1S/C11H20O2Si/c1-5-6-7-10(11(12)13)8-9-14(2,3)4/h10H,5-7H2,1-4H3,(H,12,13)/t10-/m1/s1. The smallest absolute Gasteiger partial charge is 0.318 e. The highest BCUT2D eigenvalue weighted by Gasteiger charge is 2.15. The molecule has 14 heavy (non-hydrogen) atoms. The number of carboxylic acids is 1. The van der Waals surface area contributed by atoms with Gasteiger partial charge < -0.3 is 5.11 Å². The molecule has 0 saturated heterocycles. The summed E-state index contributed by atoms with van der Waals surface area (Å²) in [4.78, 5) is 10.8. The summed E-state index contributed by atoms with van der Waals surface area (Å²) in [5.41, 5.74) is 3.12. The second-order valence-corrected chi connectivity index (χ2v) is 9.30. The van der Waals surface area contributed by atoms with E-state index in [1.54, 1.807) is 0 Å². The molecule has 0 saturated carbocycles. The zero-order valence-corrected chi connectivity index (χ0v) is 10.6. The van der Waals surface area contributed by atoms with Crippen LogP contribution in [0.4, 0.5) is 0 Å². The van der Waals surface area contributed by atoms with E-state index in [-0.39, 0.29) is 0 Å². The van der Waals surface area contributed by atoms with E-state index in [1.165, 1.54) is 0 Å². The van der Waals surface area contributed by atoms with Gasteiger partial charge in [-0.3, -0.25) is 4.79 Å². The van der Waals surface area contributed by atoms with Crippen LogP contribution in [0.15, 0.2) is 0 Å². The Morgan fingerprint density at radius 3 is 2.36 bits per heavy atom. The molecule has 0 rings (SSSR count). The maximum atomic E-state index is 10.8. The first-order chi connectivity index (χ1) is 6.37. The summed E-state index contributed by atoms with van der Waals surface area (Å²) < 4.78 is 0. The van der Waals surface area contributed by atoms with Crippen molar-refractivity contribution in [3.8, 4) is 11.5 Å². The minimum absolute atomic E-state index is 0.457. The van der Waals surface area contributed by atoms with Crippen LogP contribution in [0.25, 0.3) is 0 Å². The lowest BCUT2D eigenvalue weighted by Crippen LogP contribution is -2.19. The van der Waals surface area contributed by atoms with Gasteiger partial charge in [0.25, 0.3) is 0 Å². The Labute approximate surface area is 87.7 Å². The van der Waals surface area contributed by atoms with Crippen LogP contribution >= 0.6 is 0 Å². The molecular formula is C11H20O2Si. The van der Waals surface area contributed by atoms with Crippen molar-refractivity contribution in [3.63, 3.8) is 0 Å². The normalized spacial score (nSPS) is 12.9. The molecule has 0 radical (unpaired) electrons. The summed E-state index contributed by atoms with van der Waals surface area (Å²) in [5, 5.41) is 8.91. The first-order valence-corrected chi connectivity index (χ1v) is 8.62. The van der Waals surface area contributed by atoms with Crippen LogP contribution in [-0.4, -0.2) is 19.1 Å². The molecule has 1 N–H and O–H groups in total. The molecule has 2 nitrogen and oxygen atoms in total. The Morgan fingerprint density at radius 2 is 2.00 bits per heavy atom. The molecule has 0 amide bonds. The predicted molar refractivity (Wildman–Crippen MR) is 61.8 cm³/mol. The summed E-state index contributed by atoms with van der Waals surface area (Å²) >= 11 is 0. The minimum Gasteiger partial charge on any atom is -0.480 e. The zero-order chi connectivity index (χ0) is 11.2. The van der Waals surface area contributed by atoms with E-state index in [0.717, 1.165) is 12.8 Å². The van der Waals surface area contributed by atoms with Crippen LogP contribution in [0.2, 0.25) is 19.6 Å². The van der Waals surface area contributed by atoms with Gasteiger partial charge in [0.05, 0.1) is 0 Å². The van der Waals surface area contributed by atoms with Gasteiger partial charge >= 0.3 is 5.97 Å². The molecule has 1 atom stereocenters. The van der Waals surface area contributed by atoms with Crippen molar-refractivity contribution in [2.75, 3.05) is 0 Å². The zero-order valence-electron chi connectivity index (χ0n) is 9.55. The van der Waals surface area contributed by atoms with Gasteiger partial charge in [-0.1, -0.05) is 45.3 Å². The summed E-state index contributed by atoms with van der Waals surface area (Å²) in [6, 6.07) is 0. The lowest BCUT2D eigenvalue weighted by molar-refractivity contribution is -0.139. The van der Waals surface area contributed by atoms with Gasteiger partial charge in [-0.15, -0.1) is 5.54 Å². The number of hydrogen-bond donors (Lipinski definition) is 1. The SMILES string of the molecule is CCCC[C@H](C#C[Si](C)(C)C)C(=O)O. The third-order valence-corrected chi connectivity index (χ3v) is 2.66. The van der Waals surface area contributed by atoms with Crippen LogP contribution in [-0.2, 0) is 4.79 Å². The van der Waals surface area contributed by atoms with Gasteiger partial charge in [-0.2, -0.15) is 0 Å². The molecule has 0 fully saturated rings. The van der Waals surface area contributed by atoms with Crippen molar-refractivity contribution in [1.29, 1.82) is 0 Å². The maximum Gasteiger partial charge on any atom is 0.318 e. The van der Waals surface area contributed by atoms with Crippen LogP contribution in [0, 0.1) is 17.4 Å². The summed E-state index contributed by atoms with van der Waals surface area (Å²) in [5.74, 6) is 1.68. The highest BCUT2D eigenvalue weighted by atomic mass is 28.3. The monoisotopic (exact) mass is 212 g/mol. The number of rotatable bonds is 4. The van der Waals surface area contributed by atoms with Gasteiger partial charge in [0, 0.05) is 0 Å². The van der Waals surface area contributed by atoms with Gasteiger partial charge in [0.2, 0.25) is 0 Å². The van der Waals surface area contributed by atoms with Crippen molar-refractivity contribution >= 4 is 14.0 Å². The molecule has 0 aliphatic rings. The summed E-state index contributed by atoms with van der Waals surface area (Å²) in [6.07, 6.45) is 2.65. The Morgan fingerprint density at radius 1 is 1.43 bits per heavy atom.